The quantitative estimate of drug-likeness (QED) is 0.761. The van der Waals surface area contributed by atoms with Gasteiger partial charge in [0.1, 0.15) is 17.3 Å². The van der Waals surface area contributed by atoms with Crippen LogP contribution < -0.4 is 4.74 Å². The summed E-state index contributed by atoms with van der Waals surface area (Å²) in [4.78, 5) is 0.132. The van der Waals surface area contributed by atoms with Crippen LogP contribution in [-0.2, 0) is 14.6 Å². The molecule has 0 amide bonds. The minimum absolute atomic E-state index is 0.132. The van der Waals surface area contributed by atoms with E-state index in [1.807, 2.05) is 0 Å². The first kappa shape index (κ1) is 13.3. The van der Waals surface area contributed by atoms with Crippen molar-refractivity contribution < 1.29 is 17.9 Å². The van der Waals surface area contributed by atoms with E-state index >= 15 is 0 Å². The predicted molar refractivity (Wildman–Crippen MR) is 61.9 cm³/mol. The highest BCUT2D eigenvalue weighted by molar-refractivity contribution is 7.90. The Morgan fingerprint density at radius 1 is 1.31 bits per heavy atom. The maximum absolute atomic E-state index is 11.4. The van der Waals surface area contributed by atoms with Crippen molar-refractivity contribution in [3.8, 4) is 5.75 Å². The maximum Gasteiger partial charge on any atom is 0.179 e. The van der Waals surface area contributed by atoms with Gasteiger partial charge in [0.15, 0.2) is 9.84 Å². The lowest BCUT2D eigenvalue weighted by Gasteiger charge is -2.10. The summed E-state index contributed by atoms with van der Waals surface area (Å²) in [6.45, 7) is 0.662. The lowest BCUT2D eigenvalue weighted by atomic mass is 10.3. The molecule has 0 aliphatic carbocycles. The molecule has 0 saturated carbocycles. The minimum atomic E-state index is -3.31. The Hall–Kier alpha value is -0.780. The average molecular weight is 265 g/mol. The fraction of sp³-hybridized carbons (Fsp3) is 0.400. The molecule has 0 heterocycles. The van der Waals surface area contributed by atoms with E-state index in [0.29, 0.717) is 11.6 Å². The molecule has 4 nitrogen and oxygen atoms in total. The normalized spacial score (nSPS) is 11.4. The molecule has 0 bridgehead atoms. The van der Waals surface area contributed by atoms with Crippen molar-refractivity contribution in [2.45, 2.75) is 4.90 Å². The molecule has 0 aliphatic rings. The highest BCUT2D eigenvalue weighted by Crippen LogP contribution is 2.27. The predicted octanol–water partition coefficient (Wildman–Crippen LogP) is 1.77. The molecule has 16 heavy (non-hydrogen) atoms. The van der Waals surface area contributed by atoms with Crippen LogP contribution in [0.5, 0.6) is 5.75 Å². The highest BCUT2D eigenvalue weighted by atomic mass is 35.5. The van der Waals surface area contributed by atoms with Crippen molar-refractivity contribution in [3.63, 3.8) is 0 Å². The standard InChI is InChI=1S/C10H13ClO4S/c1-14-5-6-15-9-7-8(11)3-4-10(9)16(2,12)13/h3-4,7H,5-6H2,1-2H3. The Balaban J connectivity index is 3.00. The number of benzene rings is 1. The molecule has 0 fully saturated rings. The van der Waals surface area contributed by atoms with Gasteiger partial charge in [-0.25, -0.2) is 8.42 Å². The molecule has 6 heteroatoms. The van der Waals surface area contributed by atoms with Crippen molar-refractivity contribution in [1.29, 1.82) is 0 Å². The van der Waals surface area contributed by atoms with Crippen molar-refractivity contribution in [2.75, 3.05) is 26.6 Å². The first-order chi connectivity index (χ1) is 7.45. The molecule has 0 radical (unpaired) electrons. The molecule has 1 rings (SSSR count). The number of methoxy groups -OCH3 is 1. The van der Waals surface area contributed by atoms with Crippen LogP contribution in [0.4, 0.5) is 0 Å². The van der Waals surface area contributed by atoms with Gasteiger partial charge in [-0.15, -0.1) is 0 Å². The molecular formula is C10H13ClO4S. The zero-order chi connectivity index (χ0) is 12.2. The number of ether oxygens (including phenoxy) is 2. The van der Waals surface area contributed by atoms with E-state index in [0.717, 1.165) is 6.26 Å². The molecule has 0 aliphatic heterocycles. The Morgan fingerprint density at radius 3 is 2.56 bits per heavy atom. The summed E-state index contributed by atoms with van der Waals surface area (Å²) in [5.41, 5.74) is 0. The Labute approximate surface area is 100 Å². The number of halogens is 1. The maximum atomic E-state index is 11.4. The van der Waals surface area contributed by atoms with Crippen LogP contribution in [0.2, 0.25) is 5.02 Å². The molecule has 0 aromatic heterocycles. The van der Waals surface area contributed by atoms with Gasteiger partial charge in [-0.3, -0.25) is 0 Å². The van der Waals surface area contributed by atoms with Gasteiger partial charge in [0.05, 0.1) is 6.61 Å². The number of rotatable bonds is 5. The van der Waals surface area contributed by atoms with Gasteiger partial charge in [0, 0.05) is 24.5 Å². The number of sulfone groups is 1. The molecule has 90 valence electrons. The average Bonchev–Trinajstić information content (AvgIpc) is 2.16. The van der Waals surface area contributed by atoms with Crippen LogP contribution in [0.15, 0.2) is 23.1 Å². The first-order valence-corrected chi connectivity index (χ1v) is 6.83. The van der Waals surface area contributed by atoms with Gasteiger partial charge in [-0.2, -0.15) is 0 Å². The molecule has 1 aromatic carbocycles. The van der Waals surface area contributed by atoms with Crippen LogP contribution in [0.1, 0.15) is 0 Å². The summed E-state index contributed by atoms with van der Waals surface area (Å²) in [6, 6.07) is 4.43. The van der Waals surface area contributed by atoms with E-state index in [1.54, 1.807) is 7.11 Å². The van der Waals surface area contributed by atoms with Crippen LogP contribution in [0.3, 0.4) is 0 Å². The SMILES string of the molecule is COCCOc1cc(Cl)ccc1S(C)(=O)=O. The van der Waals surface area contributed by atoms with Crippen LogP contribution >= 0.6 is 11.6 Å². The van der Waals surface area contributed by atoms with Crippen molar-refractivity contribution in [1.82, 2.24) is 0 Å². The highest BCUT2D eigenvalue weighted by Gasteiger charge is 2.14. The Kier molecular flexibility index (Phi) is 4.58. The smallest absolute Gasteiger partial charge is 0.179 e. The van der Waals surface area contributed by atoms with E-state index in [9.17, 15) is 8.42 Å². The zero-order valence-electron chi connectivity index (χ0n) is 9.07. The summed E-state index contributed by atoms with van der Waals surface area (Å²) in [6.07, 6.45) is 1.12. The van der Waals surface area contributed by atoms with Crippen molar-refractivity contribution >= 4 is 21.4 Å². The van der Waals surface area contributed by atoms with Crippen molar-refractivity contribution in [2.24, 2.45) is 0 Å². The molecule has 0 atom stereocenters. The van der Waals surface area contributed by atoms with Gasteiger partial charge in [0.2, 0.25) is 0 Å². The van der Waals surface area contributed by atoms with E-state index in [2.05, 4.69) is 0 Å². The number of hydrogen-bond donors (Lipinski definition) is 0. The van der Waals surface area contributed by atoms with Gasteiger partial charge in [0.25, 0.3) is 0 Å². The second-order valence-electron chi connectivity index (χ2n) is 3.20. The molecule has 0 spiro atoms. The summed E-state index contributed by atoms with van der Waals surface area (Å²) < 4.78 is 33.0. The van der Waals surface area contributed by atoms with Crippen LogP contribution in [0, 0.1) is 0 Å². The van der Waals surface area contributed by atoms with Crippen LogP contribution in [0.25, 0.3) is 0 Å². The molecule has 1 aromatic rings. The number of hydrogen-bond acceptors (Lipinski definition) is 4. The monoisotopic (exact) mass is 264 g/mol. The fourth-order valence-corrected chi connectivity index (χ4v) is 2.10. The van der Waals surface area contributed by atoms with Gasteiger partial charge in [-0.1, -0.05) is 11.6 Å². The largest absolute Gasteiger partial charge is 0.490 e. The lowest BCUT2D eigenvalue weighted by molar-refractivity contribution is 0.144. The lowest BCUT2D eigenvalue weighted by Crippen LogP contribution is -2.08. The third-order valence-electron chi connectivity index (χ3n) is 1.85. The Morgan fingerprint density at radius 2 is 2.00 bits per heavy atom. The van der Waals surface area contributed by atoms with Gasteiger partial charge < -0.3 is 9.47 Å². The van der Waals surface area contributed by atoms with E-state index < -0.39 is 9.84 Å². The summed E-state index contributed by atoms with van der Waals surface area (Å²) in [7, 11) is -1.77. The van der Waals surface area contributed by atoms with E-state index in [1.165, 1.54) is 18.2 Å². The summed E-state index contributed by atoms with van der Waals surface area (Å²) in [5.74, 6) is 0.257. The Bertz CT molecular complexity index is 456. The van der Waals surface area contributed by atoms with Crippen molar-refractivity contribution in [3.05, 3.63) is 23.2 Å². The minimum Gasteiger partial charge on any atom is -0.490 e. The third kappa shape index (κ3) is 3.66. The van der Waals surface area contributed by atoms with E-state index in [4.69, 9.17) is 21.1 Å². The van der Waals surface area contributed by atoms with Gasteiger partial charge >= 0.3 is 0 Å². The second kappa shape index (κ2) is 5.52. The molecular weight excluding hydrogens is 252 g/mol. The third-order valence-corrected chi connectivity index (χ3v) is 3.22. The molecule has 0 N–H and O–H groups in total. The first-order valence-electron chi connectivity index (χ1n) is 4.56. The molecule has 0 saturated heterocycles. The zero-order valence-corrected chi connectivity index (χ0v) is 10.6. The topological polar surface area (TPSA) is 52.6 Å². The second-order valence-corrected chi connectivity index (χ2v) is 5.63. The van der Waals surface area contributed by atoms with Crippen LogP contribution in [-0.4, -0.2) is 35.0 Å². The molecule has 0 unspecified atom stereocenters. The fourth-order valence-electron chi connectivity index (χ4n) is 1.14. The summed E-state index contributed by atoms with van der Waals surface area (Å²) >= 11 is 5.77. The van der Waals surface area contributed by atoms with E-state index in [-0.39, 0.29) is 17.3 Å². The van der Waals surface area contributed by atoms with Gasteiger partial charge in [-0.05, 0) is 12.1 Å². The summed E-state index contributed by atoms with van der Waals surface area (Å²) in [5, 5.41) is 0.430.